The van der Waals surface area contributed by atoms with Crippen molar-refractivity contribution in [1.29, 1.82) is 0 Å². The average molecular weight is 190 g/mol. The Balaban J connectivity index is 2.73. The summed E-state index contributed by atoms with van der Waals surface area (Å²) in [6.45, 7) is 0.935. The van der Waals surface area contributed by atoms with Gasteiger partial charge < -0.3 is 4.74 Å². The minimum absolute atomic E-state index is 0.935. The molecule has 0 heterocycles. The van der Waals surface area contributed by atoms with Gasteiger partial charge in [-0.05, 0) is 24.9 Å². The molecular formula is C10H22OS. The van der Waals surface area contributed by atoms with E-state index in [0.29, 0.717) is 0 Å². The minimum Gasteiger partial charge on any atom is -0.385 e. The first kappa shape index (κ1) is 12.3. The molecule has 0 aromatic rings. The standard InChI is InChI=1S/C10H22OS/c1-11-9-7-5-3-4-6-8-10-12-2/h3-10H2,1-2H3. The van der Waals surface area contributed by atoms with E-state index in [1.54, 1.807) is 7.11 Å². The number of hydrogen-bond donors (Lipinski definition) is 0. The van der Waals surface area contributed by atoms with Gasteiger partial charge in [-0.2, -0.15) is 11.8 Å². The molecule has 0 atom stereocenters. The Morgan fingerprint density at radius 2 is 1.50 bits per heavy atom. The van der Waals surface area contributed by atoms with Crippen LogP contribution in [0.4, 0.5) is 0 Å². The SMILES string of the molecule is COCCCCCCCCSC. The fraction of sp³-hybridized carbons (Fsp3) is 1.00. The summed E-state index contributed by atoms with van der Waals surface area (Å²) < 4.78 is 4.98. The highest BCUT2D eigenvalue weighted by atomic mass is 32.2. The number of ether oxygens (including phenoxy) is 1. The Morgan fingerprint density at radius 3 is 2.08 bits per heavy atom. The molecule has 0 bridgehead atoms. The maximum absolute atomic E-state index is 4.98. The molecule has 0 aliphatic rings. The molecule has 0 radical (unpaired) electrons. The number of unbranched alkanes of at least 4 members (excludes halogenated alkanes) is 5. The van der Waals surface area contributed by atoms with Crippen LogP contribution < -0.4 is 0 Å². The van der Waals surface area contributed by atoms with Crippen LogP contribution in [0.25, 0.3) is 0 Å². The van der Waals surface area contributed by atoms with Crippen LogP contribution in [0.5, 0.6) is 0 Å². The van der Waals surface area contributed by atoms with Crippen molar-refractivity contribution in [3.63, 3.8) is 0 Å². The molecule has 0 rings (SSSR count). The van der Waals surface area contributed by atoms with Crippen molar-refractivity contribution in [2.45, 2.75) is 38.5 Å². The zero-order chi connectivity index (χ0) is 9.07. The van der Waals surface area contributed by atoms with Gasteiger partial charge in [0, 0.05) is 13.7 Å². The second kappa shape index (κ2) is 11.3. The van der Waals surface area contributed by atoms with E-state index in [0.717, 1.165) is 6.61 Å². The summed E-state index contributed by atoms with van der Waals surface area (Å²) in [7, 11) is 1.78. The van der Waals surface area contributed by atoms with Gasteiger partial charge in [-0.3, -0.25) is 0 Å². The molecule has 0 aromatic carbocycles. The Kier molecular flexibility index (Phi) is 11.6. The number of methoxy groups -OCH3 is 1. The lowest BCUT2D eigenvalue weighted by Crippen LogP contribution is -1.88. The third-order valence-corrected chi connectivity index (χ3v) is 2.64. The molecule has 0 aliphatic carbocycles. The van der Waals surface area contributed by atoms with Crippen LogP contribution in [0.15, 0.2) is 0 Å². The van der Waals surface area contributed by atoms with Crippen molar-refractivity contribution in [3.05, 3.63) is 0 Å². The third kappa shape index (κ3) is 10.3. The highest BCUT2D eigenvalue weighted by Crippen LogP contribution is 2.07. The molecule has 0 aromatic heterocycles. The van der Waals surface area contributed by atoms with Crippen molar-refractivity contribution < 1.29 is 4.74 Å². The number of thioether (sulfide) groups is 1. The smallest absolute Gasteiger partial charge is 0.0462 e. The summed E-state index contributed by atoms with van der Waals surface area (Å²) in [4.78, 5) is 0. The second-order valence-corrected chi connectivity index (χ2v) is 4.09. The zero-order valence-electron chi connectivity index (χ0n) is 8.47. The normalized spacial score (nSPS) is 10.5. The van der Waals surface area contributed by atoms with E-state index < -0.39 is 0 Å². The van der Waals surface area contributed by atoms with Crippen LogP contribution >= 0.6 is 11.8 Å². The van der Waals surface area contributed by atoms with Crippen LogP contribution in [0.3, 0.4) is 0 Å². The molecule has 2 heteroatoms. The Labute approximate surface area is 81.3 Å². The molecule has 1 nitrogen and oxygen atoms in total. The number of hydrogen-bond acceptors (Lipinski definition) is 2. The van der Waals surface area contributed by atoms with E-state index in [-0.39, 0.29) is 0 Å². The lowest BCUT2D eigenvalue weighted by molar-refractivity contribution is 0.192. The van der Waals surface area contributed by atoms with Crippen molar-refractivity contribution in [2.24, 2.45) is 0 Å². The Bertz CT molecular complexity index is 66.2. The van der Waals surface area contributed by atoms with Gasteiger partial charge in [0.05, 0.1) is 0 Å². The summed E-state index contributed by atoms with van der Waals surface area (Å²) in [5.41, 5.74) is 0. The van der Waals surface area contributed by atoms with Gasteiger partial charge in [-0.1, -0.05) is 25.7 Å². The van der Waals surface area contributed by atoms with Crippen molar-refractivity contribution >= 4 is 11.8 Å². The highest BCUT2D eigenvalue weighted by molar-refractivity contribution is 7.98. The molecule has 0 saturated carbocycles. The second-order valence-electron chi connectivity index (χ2n) is 3.11. The molecule has 0 aliphatic heterocycles. The van der Waals surface area contributed by atoms with Crippen LogP contribution in [0, 0.1) is 0 Å². The van der Waals surface area contributed by atoms with Gasteiger partial charge in [-0.25, -0.2) is 0 Å². The lowest BCUT2D eigenvalue weighted by Gasteiger charge is -2.00. The maximum Gasteiger partial charge on any atom is 0.0462 e. The molecule has 0 amide bonds. The van der Waals surface area contributed by atoms with E-state index in [1.165, 1.54) is 44.3 Å². The summed E-state index contributed by atoms with van der Waals surface area (Å²) in [6.07, 6.45) is 10.4. The lowest BCUT2D eigenvalue weighted by atomic mass is 10.1. The van der Waals surface area contributed by atoms with E-state index in [1.807, 2.05) is 11.8 Å². The molecule has 0 fully saturated rings. The molecule has 12 heavy (non-hydrogen) atoms. The number of rotatable bonds is 9. The quantitative estimate of drug-likeness (QED) is 0.516. The van der Waals surface area contributed by atoms with E-state index in [9.17, 15) is 0 Å². The Hall–Kier alpha value is 0.310. The van der Waals surface area contributed by atoms with E-state index >= 15 is 0 Å². The fourth-order valence-corrected chi connectivity index (χ4v) is 1.69. The fourth-order valence-electron chi connectivity index (χ4n) is 1.20. The van der Waals surface area contributed by atoms with Crippen LogP contribution in [-0.4, -0.2) is 25.7 Å². The van der Waals surface area contributed by atoms with Crippen molar-refractivity contribution in [1.82, 2.24) is 0 Å². The van der Waals surface area contributed by atoms with Crippen LogP contribution in [0.1, 0.15) is 38.5 Å². The van der Waals surface area contributed by atoms with Gasteiger partial charge in [-0.15, -0.1) is 0 Å². The molecular weight excluding hydrogens is 168 g/mol. The highest BCUT2D eigenvalue weighted by Gasteiger charge is 1.90. The molecule has 0 N–H and O–H groups in total. The molecule has 0 spiro atoms. The summed E-state index contributed by atoms with van der Waals surface area (Å²) in [6, 6.07) is 0. The molecule has 0 unspecified atom stereocenters. The van der Waals surface area contributed by atoms with Gasteiger partial charge in [0.25, 0.3) is 0 Å². The maximum atomic E-state index is 4.98. The monoisotopic (exact) mass is 190 g/mol. The zero-order valence-corrected chi connectivity index (χ0v) is 9.29. The minimum atomic E-state index is 0.935. The van der Waals surface area contributed by atoms with Gasteiger partial charge >= 0.3 is 0 Å². The summed E-state index contributed by atoms with van der Waals surface area (Å²) >= 11 is 1.95. The third-order valence-electron chi connectivity index (χ3n) is 1.95. The first-order valence-electron chi connectivity index (χ1n) is 4.89. The van der Waals surface area contributed by atoms with Gasteiger partial charge in [0.15, 0.2) is 0 Å². The van der Waals surface area contributed by atoms with Gasteiger partial charge in [0.2, 0.25) is 0 Å². The topological polar surface area (TPSA) is 9.23 Å². The van der Waals surface area contributed by atoms with Crippen LogP contribution in [0.2, 0.25) is 0 Å². The first-order chi connectivity index (χ1) is 5.91. The van der Waals surface area contributed by atoms with Crippen molar-refractivity contribution in [2.75, 3.05) is 25.7 Å². The van der Waals surface area contributed by atoms with E-state index in [2.05, 4.69) is 6.26 Å². The van der Waals surface area contributed by atoms with Crippen LogP contribution in [-0.2, 0) is 4.74 Å². The van der Waals surface area contributed by atoms with Gasteiger partial charge in [0.1, 0.15) is 0 Å². The summed E-state index contributed by atoms with van der Waals surface area (Å²) in [5, 5.41) is 0. The summed E-state index contributed by atoms with van der Waals surface area (Å²) in [5.74, 6) is 1.33. The Morgan fingerprint density at radius 1 is 0.917 bits per heavy atom. The molecule has 74 valence electrons. The first-order valence-corrected chi connectivity index (χ1v) is 6.29. The average Bonchev–Trinajstić information content (AvgIpc) is 2.10. The molecule has 0 saturated heterocycles. The van der Waals surface area contributed by atoms with E-state index in [4.69, 9.17) is 4.74 Å². The largest absolute Gasteiger partial charge is 0.385 e. The predicted molar refractivity (Wildman–Crippen MR) is 58.0 cm³/mol. The predicted octanol–water partition coefficient (Wildman–Crippen LogP) is 3.34. The van der Waals surface area contributed by atoms with Crippen molar-refractivity contribution in [3.8, 4) is 0 Å².